The largest absolute Gasteiger partial charge is 0.308 e. The van der Waals surface area contributed by atoms with Gasteiger partial charge >= 0.3 is 0 Å². The number of hydrogen-bond donors (Lipinski definition) is 0. The van der Waals surface area contributed by atoms with Crippen LogP contribution < -0.4 is 0 Å². The highest BCUT2D eigenvalue weighted by molar-refractivity contribution is 7.25. The highest BCUT2D eigenvalue weighted by atomic mass is 32.1. The minimum absolute atomic E-state index is 0.602. The molecule has 0 atom stereocenters. The van der Waals surface area contributed by atoms with E-state index in [9.17, 15) is 0 Å². The zero-order valence-corrected chi connectivity index (χ0v) is 36.5. The average molecular weight is 859 g/mol. The topological polar surface area (TPSA) is 43.6 Å². The number of thiophene rings is 1. The van der Waals surface area contributed by atoms with Gasteiger partial charge in [0, 0.05) is 58.8 Å². The van der Waals surface area contributed by atoms with Crippen molar-refractivity contribution in [1.29, 1.82) is 0 Å². The Hall–Kier alpha value is -8.51. The summed E-state index contributed by atoms with van der Waals surface area (Å²) in [6.45, 7) is 0. The zero-order valence-electron chi connectivity index (χ0n) is 35.6. The number of para-hydroxylation sites is 1. The lowest BCUT2D eigenvalue weighted by atomic mass is 9.92. The van der Waals surface area contributed by atoms with Gasteiger partial charge in [0.25, 0.3) is 0 Å². The summed E-state index contributed by atoms with van der Waals surface area (Å²) in [5.41, 5.74) is 12.7. The van der Waals surface area contributed by atoms with Gasteiger partial charge in [-0.05, 0) is 81.6 Å². The molecular formula is C61H38N4S. The van der Waals surface area contributed by atoms with Crippen LogP contribution in [0.3, 0.4) is 0 Å². The Bertz CT molecular complexity index is 3920. The van der Waals surface area contributed by atoms with E-state index in [-0.39, 0.29) is 0 Å². The van der Waals surface area contributed by atoms with Crippen LogP contribution in [0.1, 0.15) is 0 Å². The third-order valence-electron chi connectivity index (χ3n) is 12.8. The third kappa shape index (κ3) is 6.48. The van der Waals surface area contributed by atoms with Crippen molar-refractivity contribution in [2.75, 3.05) is 0 Å². The molecule has 0 amide bonds. The minimum Gasteiger partial charge on any atom is -0.308 e. The van der Waals surface area contributed by atoms with Crippen molar-refractivity contribution in [2.24, 2.45) is 0 Å². The number of benzene rings is 10. The van der Waals surface area contributed by atoms with E-state index in [0.29, 0.717) is 17.5 Å². The molecule has 0 radical (unpaired) electrons. The van der Waals surface area contributed by atoms with E-state index in [1.807, 2.05) is 6.07 Å². The lowest BCUT2D eigenvalue weighted by molar-refractivity contribution is 1.07. The van der Waals surface area contributed by atoms with Gasteiger partial charge in [-0.15, -0.1) is 11.3 Å². The second-order valence-corrected chi connectivity index (χ2v) is 17.9. The predicted octanol–water partition coefficient (Wildman–Crippen LogP) is 16.5. The monoisotopic (exact) mass is 858 g/mol. The predicted molar refractivity (Wildman–Crippen MR) is 277 cm³/mol. The quantitative estimate of drug-likeness (QED) is 0.160. The molecule has 0 spiro atoms. The van der Waals surface area contributed by atoms with E-state index in [2.05, 4.69) is 229 Å². The number of fused-ring (bicyclic) bond motifs is 7. The second kappa shape index (κ2) is 15.6. The van der Waals surface area contributed by atoms with Crippen LogP contribution in [0.25, 0.3) is 126 Å². The summed E-state index contributed by atoms with van der Waals surface area (Å²) in [6, 6.07) is 82.4. The first-order valence-electron chi connectivity index (χ1n) is 22.3. The molecule has 0 fully saturated rings. The Morgan fingerprint density at radius 1 is 0.288 bits per heavy atom. The van der Waals surface area contributed by atoms with Gasteiger partial charge in [-0.1, -0.05) is 182 Å². The van der Waals surface area contributed by atoms with Crippen molar-refractivity contribution in [2.45, 2.75) is 0 Å². The summed E-state index contributed by atoms with van der Waals surface area (Å²) in [7, 11) is 0. The van der Waals surface area contributed by atoms with Crippen LogP contribution in [-0.4, -0.2) is 19.5 Å². The standard InChI is InChI=1S/C61H38N4S/c1-4-17-39(18-5-1)42-25-16-26-45(33-42)59-62-60(46-31-32-50-49-28-13-15-30-56(49)66-57(50)38-46)64-61(63-59)47-35-51(40-19-6-2-7-20-40)58(52(36-47)41-21-8-3-9-22-41)65-54-29-14-12-27-48(54)53-34-43-23-10-11-24-44(43)37-55(53)65/h1-38H. The molecule has 0 saturated carbocycles. The molecule has 3 heterocycles. The van der Waals surface area contributed by atoms with Crippen LogP contribution in [0.15, 0.2) is 231 Å². The Balaban J connectivity index is 1.10. The maximum Gasteiger partial charge on any atom is 0.164 e. The molecule has 5 heteroatoms. The van der Waals surface area contributed by atoms with Crippen molar-refractivity contribution >= 4 is 64.1 Å². The molecule has 0 saturated heterocycles. The van der Waals surface area contributed by atoms with Crippen LogP contribution in [0.2, 0.25) is 0 Å². The molecule has 0 aliphatic carbocycles. The number of rotatable bonds is 7. The van der Waals surface area contributed by atoms with Crippen molar-refractivity contribution in [1.82, 2.24) is 19.5 Å². The van der Waals surface area contributed by atoms with E-state index in [4.69, 9.17) is 15.0 Å². The van der Waals surface area contributed by atoms with E-state index < -0.39 is 0 Å². The molecule has 4 nitrogen and oxygen atoms in total. The molecule has 0 aliphatic heterocycles. The van der Waals surface area contributed by atoms with Gasteiger partial charge in [-0.25, -0.2) is 15.0 Å². The van der Waals surface area contributed by atoms with Crippen molar-refractivity contribution in [3.8, 4) is 73.2 Å². The average Bonchev–Trinajstić information content (AvgIpc) is 3.93. The molecule has 0 aliphatic rings. The van der Waals surface area contributed by atoms with E-state index >= 15 is 0 Å². The van der Waals surface area contributed by atoms with Gasteiger partial charge < -0.3 is 4.57 Å². The molecule has 0 bridgehead atoms. The van der Waals surface area contributed by atoms with Crippen LogP contribution in [0.4, 0.5) is 0 Å². The Morgan fingerprint density at radius 2 is 0.803 bits per heavy atom. The third-order valence-corrected chi connectivity index (χ3v) is 13.9. The van der Waals surface area contributed by atoms with Gasteiger partial charge in [0.2, 0.25) is 0 Å². The summed E-state index contributed by atoms with van der Waals surface area (Å²) in [6.07, 6.45) is 0. The van der Waals surface area contributed by atoms with Gasteiger partial charge in [0.1, 0.15) is 0 Å². The van der Waals surface area contributed by atoms with Crippen LogP contribution in [0.5, 0.6) is 0 Å². The normalized spacial score (nSPS) is 11.6. The number of nitrogens with zero attached hydrogens (tertiary/aromatic N) is 4. The highest BCUT2D eigenvalue weighted by Gasteiger charge is 2.24. The van der Waals surface area contributed by atoms with Gasteiger partial charge in [-0.3, -0.25) is 0 Å². The maximum atomic E-state index is 5.41. The Labute approximate surface area is 385 Å². The summed E-state index contributed by atoms with van der Waals surface area (Å²) in [5.74, 6) is 1.84. The lowest BCUT2D eigenvalue weighted by Gasteiger charge is -2.21. The highest BCUT2D eigenvalue weighted by Crippen LogP contribution is 2.45. The molecule has 66 heavy (non-hydrogen) atoms. The molecule has 0 unspecified atom stereocenters. The summed E-state index contributed by atoms with van der Waals surface area (Å²) in [5, 5.41) is 7.34. The van der Waals surface area contributed by atoms with E-state index in [0.717, 1.165) is 66.8 Å². The SMILES string of the molecule is c1ccc(-c2cccc(-c3nc(-c4cc(-c5ccccc5)c(-n5c6ccccc6c6cc7ccccc7cc65)c(-c5ccccc5)c4)nc(-c4ccc5c(c4)sc4ccccc45)n3)c2)cc1. The molecule has 10 aromatic carbocycles. The molecule has 0 N–H and O–H groups in total. The first-order valence-corrected chi connectivity index (χ1v) is 23.1. The fourth-order valence-electron chi connectivity index (χ4n) is 9.67. The van der Waals surface area contributed by atoms with Crippen LogP contribution in [0, 0.1) is 0 Å². The van der Waals surface area contributed by atoms with Crippen molar-refractivity contribution in [3.63, 3.8) is 0 Å². The molecule has 13 aromatic rings. The number of hydrogen-bond acceptors (Lipinski definition) is 4. The second-order valence-electron chi connectivity index (χ2n) is 16.8. The fraction of sp³-hybridized carbons (Fsp3) is 0. The van der Waals surface area contributed by atoms with E-state index in [1.165, 1.54) is 41.7 Å². The first kappa shape index (κ1) is 38.0. The smallest absolute Gasteiger partial charge is 0.164 e. The molecule has 3 aromatic heterocycles. The fourth-order valence-corrected chi connectivity index (χ4v) is 10.8. The van der Waals surface area contributed by atoms with Gasteiger partial charge in [0.15, 0.2) is 17.5 Å². The summed E-state index contributed by atoms with van der Waals surface area (Å²) in [4.78, 5) is 16.1. The number of aromatic nitrogens is 4. The maximum absolute atomic E-state index is 5.41. The molecule has 13 rings (SSSR count). The lowest BCUT2D eigenvalue weighted by Crippen LogP contribution is -2.04. The Morgan fingerprint density at radius 3 is 1.50 bits per heavy atom. The minimum atomic E-state index is 0.602. The van der Waals surface area contributed by atoms with Crippen LogP contribution in [-0.2, 0) is 0 Å². The zero-order chi connectivity index (χ0) is 43.6. The van der Waals surface area contributed by atoms with Gasteiger partial charge in [0.05, 0.1) is 16.7 Å². The van der Waals surface area contributed by atoms with Gasteiger partial charge in [-0.2, -0.15) is 0 Å². The van der Waals surface area contributed by atoms with Crippen LogP contribution >= 0.6 is 11.3 Å². The molecular weight excluding hydrogens is 821 g/mol. The van der Waals surface area contributed by atoms with E-state index in [1.54, 1.807) is 11.3 Å². The Kier molecular flexibility index (Phi) is 9.00. The van der Waals surface area contributed by atoms with Crippen molar-refractivity contribution < 1.29 is 0 Å². The summed E-state index contributed by atoms with van der Waals surface area (Å²) < 4.78 is 4.94. The first-order chi connectivity index (χ1) is 32.7. The summed E-state index contributed by atoms with van der Waals surface area (Å²) >= 11 is 1.80. The molecule has 308 valence electrons. The van der Waals surface area contributed by atoms with Crippen molar-refractivity contribution in [3.05, 3.63) is 231 Å².